The smallest absolute Gasteiger partial charge is 0.136 e. The summed E-state index contributed by atoms with van der Waals surface area (Å²) in [6.45, 7) is 0. The highest BCUT2D eigenvalue weighted by Gasteiger charge is 2.23. The van der Waals surface area contributed by atoms with Crippen molar-refractivity contribution in [3.8, 4) is 44.5 Å². The lowest BCUT2D eigenvalue weighted by atomic mass is 9.83. The third-order valence-electron chi connectivity index (χ3n) is 15.2. The van der Waals surface area contributed by atoms with E-state index in [4.69, 9.17) is 36.2 Å². The predicted octanol–water partition coefficient (Wildman–Crippen LogP) is 23.1. The Morgan fingerprint density at radius 3 is 1.09 bits per heavy atom. The van der Waals surface area contributed by atoms with Crippen LogP contribution in [0.5, 0.6) is 0 Å². The lowest BCUT2D eigenvalue weighted by Gasteiger charge is -2.20. The SMILES string of the molecule is [2H]c1c([2H])c([2H])c2c(oc3c([2H])c([2H])c([2H])c(-c4c5c([2H])c([2H])c([2H])c([2H])c5c(-c5cc6ccccc6c6ccccc56)c5c([2H])c([2H])c([2H])c([2H])c45)c32)c1[2H].[2H]c1c([2H])c([2H])c2c(oc3c([2H])c([2H])c([2H])c(-c4c5c([2H])c([2H])c([2H])c([2H])c5c(-c5ccc6c(ccc7ccccc76)c5)c5c([2H])c([2H])c([2H])c([2H])c45)c32)c1[2H]. The van der Waals surface area contributed by atoms with Crippen LogP contribution in [0.2, 0.25) is 0 Å². The molecule has 0 unspecified atom stereocenters. The monoisotopic (exact) mass is 1070 g/mol. The molecule has 2 heteroatoms. The van der Waals surface area contributed by atoms with Gasteiger partial charge >= 0.3 is 0 Å². The highest BCUT2D eigenvalue weighted by Crippen LogP contribution is 2.50. The number of para-hydroxylation sites is 2. The fraction of sp³-hybridized carbons (Fsp3) is 0. The van der Waals surface area contributed by atoms with Crippen LogP contribution >= 0.6 is 0 Å². The minimum absolute atomic E-state index is 0.0674. The third-order valence-corrected chi connectivity index (χ3v) is 15.2. The van der Waals surface area contributed by atoms with Crippen LogP contribution in [0.1, 0.15) is 41.1 Å². The molecule has 0 aliphatic rings. The Labute approximate surface area is 514 Å². The number of furan rings is 2. The highest BCUT2D eigenvalue weighted by molar-refractivity contribution is 6.29. The minimum atomic E-state index is -0.714. The van der Waals surface area contributed by atoms with Gasteiger partial charge in [0.15, 0.2) is 0 Å². The molecule has 380 valence electrons. The summed E-state index contributed by atoms with van der Waals surface area (Å²) in [7, 11) is 0. The van der Waals surface area contributed by atoms with Gasteiger partial charge in [-0.3, -0.25) is 0 Å². The summed E-state index contributed by atoms with van der Waals surface area (Å²) < 4.78 is 280. The molecule has 18 rings (SSSR count). The quantitative estimate of drug-likeness (QED) is 0.130. The van der Waals surface area contributed by atoms with E-state index in [0.717, 1.165) is 37.7 Å². The largest absolute Gasteiger partial charge is 0.456 e. The van der Waals surface area contributed by atoms with E-state index in [9.17, 15) is 13.7 Å². The molecule has 2 heterocycles. The molecule has 0 aliphatic carbocycles. The summed E-state index contributed by atoms with van der Waals surface area (Å²) in [5.74, 6) is 0. The summed E-state index contributed by atoms with van der Waals surface area (Å²) in [6.07, 6.45) is 0. The molecule has 0 amide bonds. The van der Waals surface area contributed by atoms with Gasteiger partial charge in [0.05, 0.1) is 41.1 Å². The van der Waals surface area contributed by atoms with Crippen molar-refractivity contribution in [3.63, 3.8) is 0 Å². The number of hydrogen-bond acceptors (Lipinski definition) is 2. The van der Waals surface area contributed by atoms with Crippen molar-refractivity contribution in [2.75, 3.05) is 0 Å². The van der Waals surface area contributed by atoms with E-state index in [2.05, 4.69) is 0 Å². The maximum atomic E-state index is 9.43. The van der Waals surface area contributed by atoms with Crippen LogP contribution in [0.4, 0.5) is 0 Å². The van der Waals surface area contributed by atoms with Gasteiger partial charge in [-0.25, -0.2) is 0 Å². The summed E-state index contributed by atoms with van der Waals surface area (Å²) in [4.78, 5) is 0. The van der Waals surface area contributed by atoms with Crippen LogP contribution in [0, 0.1) is 0 Å². The molecule has 18 aromatic rings. The lowest BCUT2D eigenvalue weighted by Crippen LogP contribution is -1.92. The molecule has 0 fully saturated rings. The normalized spacial score (nSPS) is 17.0. The van der Waals surface area contributed by atoms with Gasteiger partial charge in [-0.2, -0.15) is 0 Å². The van der Waals surface area contributed by atoms with E-state index >= 15 is 0 Å². The number of rotatable bonds is 4. The van der Waals surface area contributed by atoms with Gasteiger partial charge in [0.25, 0.3) is 0 Å². The Morgan fingerprint density at radius 1 is 0.220 bits per heavy atom. The summed E-state index contributed by atoms with van der Waals surface area (Å²) >= 11 is 0. The molecule has 0 radical (unpaired) electrons. The fourth-order valence-electron chi connectivity index (χ4n) is 11.8. The number of hydrogen-bond donors (Lipinski definition) is 0. The van der Waals surface area contributed by atoms with Gasteiger partial charge in [0.2, 0.25) is 0 Å². The molecule has 0 spiro atoms. The number of benzene rings is 16. The van der Waals surface area contributed by atoms with E-state index in [-0.39, 0.29) is 109 Å². The summed E-state index contributed by atoms with van der Waals surface area (Å²) in [6, 6.07) is 14.5. The first-order chi connectivity index (χ1) is 53.2. The standard InChI is InChI=1S/2C40H24O/c1-2-11-28-25(10-1)20-21-26-24-27(22-23-29(26)28)38-30-12-3-5-14-32(30)39(33-15-6-4-13-31(33)38)35-17-9-19-37-40(35)34-16-7-8-18-36(34)41-37;1-2-13-26-25(12-1)24-35(28-15-4-3-14-27(26)28)39-31-18-7-5-16-29(31)38(30-17-6-8-19-32(30)39)34-21-11-23-37-40(34)33-20-9-10-22-36(33)41-37/h2*1-24H/i3D,4D,5D,6D,7D,8D,9D,12D,13D,14D,15D,16D,17D,18D,19D;5D,6D,7D,8D,9D,10D,11D,16D,17D,18D,19D,20D,21D,22D,23D. The lowest BCUT2D eigenvalue weighted by molar-refractivity contribution is 0.668. The van der Waals surface area contributed by atoms with E-state index in [0.29, 0.717) is 16.5 Å². The van der Waals surface area contributed by atoms with Gasteiger partial charge in [0, 0.05) is 21.5 Å². The molecule has 2 nitrogen and oxygen atoms in total. The Balaban J connectivity index is 0.000000163. The zero-order valence-electron chi connectivity index (χ0n) is 72.2. The van der Waals surface area contributed by atoms with Gasteiger partial charge in [-0.1, -0.05) is 254 Å². The van der Waals surface area contributed by atoms with Crippen LogP contribution in [-0.4, -0.2) is 0 Å². The maximum absolute atomic E-state index is 9.43. The van der Waals surface area contributed by atoms with Crippen LogP contribution in [0.15, 0.2) is 299 Å². The first kappa shape index (κ1) is 25.5. The molecular formula is C80H48O2. The molecule has 0 N–H and O–H groups in total. The van der Waals surface area contributed by atoms with Gasteiger partial charge in [-0.05, 0) is 167 Å². The van der Waals surface area contributed by atoms with Crippen molar-refractivity contribution in [3.05, 3.63) is 290 Å². The first-order valence-electron chi connectivity index (χ1n) is 40.8. The number of fused-ring (bicyclic) bond motifs is 16. The van der Waals surface area contributed by atoms with Crippen molar-refractivity contribution in [1.82, 2.24) is 0 Å². The highest BCUT2D eigenvalue weighted by atomic mass is 16.3. The fourth-order valence-corrected chi connectivity index (χ4v) is 11.8. The zero-order valence-corrected chi connectivity index (χ0v) is 42.2. The van der Waals surface area contributed by atoms with Crippen LogP contribution in [0.25, 0.3) is 175 Å². The van der Waals surface area contributed by atoms with Crippen molar-refractivity contribution in [2.45, 2.75) is 0 Å². The molecule has 0 bridgehead atoms. The maximum Gasteiger partial charge on any atom is 0.136 e. The van der Waals surface area contributed by atoms with E-state index in [1.165, 1.54) is 0 Å². The summed E-state index contributed by atoms with van der Waals surface area (Å²) in [5.41, 5.74) is -2.00. The molecule has 0 atom stereocenters. The van der Waals surface area contributed by atoms with Crippen LogP contribution in [-0.2, 0) is 0 Å². The van der Waals surface area contributed by atoms with E-state index in [1.807, 2.05) is 84.9 Å². The average Bonchev–Trinajstić information content (AvgIpc) is 1.14. The van der Waals surface area contributed by atoms with E-state index < -0.39 is 192 Å². The van der Waals surface area contributed by atoms with E-state index in [1.54, 1.807) is 24.3 Å². The Bertz CT molecular complexity index is 7350. The predicted molar refractivity (Wildman–Crippen MR) is 349 cm³/mol. The molecule has 82 heavy (non-hydrogen) atoms. The first-order valence-corrected chi connectivity index (χ1v) is 25.8. The average molecular weight is 1070 g/mol. The Kier molecular flexibility index (Phi) is 5.73. The second kappa shape index (κ2) is 18.4. The van der Waals surface area contributed by atoms with Gasteiger partial charge in [0.1, 0.15) is 22.3 Å². The van der Waals surface area contributed by atoms with Crippen LogP contribution in [0.3, 0.4) is 0 Å². The molecule has 16 aromatic carbocycles. The van der Waals surface area contributed by atoms with Crippen molar-refractivity contribution in [2.24, 2.45) is 0 Å². The molecular weight excluding hydrogens is 993 g/mol. The van der Waals surface area contributed by atoms with Crippen molar-refractivity contribution >= 4 is 130 Å². The van der Waals surface area contributed by atoms with Gasteiger partial charge < -0.3 is 8.83 Å². The van der Waals surface area contributed by atoms with Crippen LogP contribution < -0.4 is 0 Å². The Morgan fingerprint density at radius 2 is 0.573 bits per heavy atom. The Hall–Kier alpha value is -10.8. The molecule has 0 saturated carbocycles. The molecule has 0 saturated heterocycles. The van der Waals surface area contributed by atoms with Gasteiger partial charge in [-0.15, -0.1) is 0 Å². The molecule has 0 aliphatic heterocycles. The molecule has 2 aromatic heterocycles. The van der Waals surface area contributed by atoms with Crippen molar-refractivity contribution < 1.29 is 50.0 Å². The third kappa shape index (κ3) is 7.02. The minimum Gasteiger partial charge on any atom is -0.456 e. The second-order valence-electron chi connectivity index (χ2n) is 19.4. The topological polar surface area (TPSA) is 26.3 Å². The van der Waals surface area contributed by atoms with Crippen molar-refractivity contribution in [1.29, 1.82) is 0 Å². The second-order valence-corrected chi connectivity index (χ2v) is 19.4. The zero-order chi connectivity index (χ0) is 79.9. The summed E-state index contributed by atoms with van der Waals surface area (Å²) in [5, 5.41) is 3.90.